The van der Waals surface area contributed by atoms with Gasteiger partial charge in [-0.3, -0.25) is 4.79 Å². The summed E-state index contributed by atoms with van der Waals surface area (Å²) in [7, 11) is 0. The highest BCUT2D eigenvalue weighted by atomic mass is 16.1. The van der Waals surface area contributed by atoms with E-state index in [9.17, 15) is 4.79 Å². The molecule has 1 aliphatic carbocycles. The minimum absolute atomic E-state index is 0.0857. The lowest BCUT2D eigenvalue weighted by Crippen LogP contribution is -2.40. The fourth-order valence-electron chi connectivity index (χ4n) is 2.87. The summed E-state index contributed by atoms with van der Waals surface area (Å²) in [6.07, 6.45) is 8.87. The summed E-state index contributed by atoms with van der Waals surface area (Å²) in [5.41, 5.74) is 6.60. The minimum atomic E-state index is -0.0857. The summed E-state index contributed by atoms with van der Waals surface area (Å²) in [4.78, 5) is 16.2. The van der Waals surface area contributed by atoms with Crippen molar-refractivity contribution in [3.63, 3.8) is 0 Å². The fraction of sp³-hybridized carbons (Fsp3) is 0.600. The second-order valence-corrected chi connectivity index (χ2v) is 5.36. The molecule has 1 heterocycles. The first-order valence-corrected chi connectivity index (χ1v) is 7.23. The number of carbonyl (C=O) groups excluding carboxylic acids is 1. The van der Waals surface area contributed by atoms with Gasteiger partial charge in [-0.1, -0.05) is 26.2 Å². The Morgan fingerprint density at radius 2 is 2.16 bits per heavy atom. The van der Waals surface area contributed by atoms with Crippen LogP contribution < -0.4 is 11.1 Å². The summed E-state index contributed by atoms with van der Waals surface area (Å²) in [5, 5.41) is 3.13. The van der Waals surface area contributed by atoms with Crippen molar-refractivity contribution < 1.29 is 4.79 Å². The van der Waals surface area contributed by atoms with Crippen molar-refractivity contribution >= 4 is 11.6 Å². The Morgan fingerprint density at radius 3 is 2.74 bits per heavy atom. The van der Waals surface area contributed by atoms with Gasteiger partial charge in [0.05, 0.1) is 11.9 Å². The van der Waals surface area contributed by atoms with E-state index in [-0.39, 0.29) is 11.9 Å². The molecule has 1 saturated carbocycles. The first-order chi connectivity index (χ1) is 9.20. The van der Waals surface area contributed by atoms with Gasteiger partial charge < -0.3 is 11.1 Å². The van der Waals surface area contributed by atoms with Gasteiger partial charge in [0.2, 0.25) is 0 Å². The van der Waals surface area contributed by atoms with Crippen LogP contribution in [0.4, 0.5) is 5.69 Å². The minimum Gasteiger partial charge on any atom is -0.397 e. The van der Waals surface area contributed by atoms with Crippen molar-refractivity contribution in [1.82, 2.24) is 10.3 Å². The number of carbonyl (C=O) groups is 1. The molecule has 0 aliphatic heterocycles. The monoisotopic (exact) mass is 261 g/mol. The number of rotatable bonds is 4. The van der Waals surface area contributed by atoms with E-state index < -0.39 is 0 Å². The molecule has 1 amide bonds. The third-order valence-electron chi connectivity index (χ3n) is 3.99. The maximum absolute atomic E-state index is 12.2. The largest absolute Gasteiger partial charge is 0.397 e. The van der Waals surface area contributed by atoms with Crippen LogP contribution in [-0.4, -0.2) is 16.9 Å². The van der Waals surface area contributed by atoms with E-state index in [1.165, 1.54) is 38.3 Å². The molecule has 0 aromatic carbocycles. The number of aromatic nitrogens is 1. The smallest absolute Gasteiger partial charge is 0.270 e. The summed E-state index contributed by atoms with van der Waals surface area (Å²) in [6.45, 7) is 2.13. The van der Waals surface area contributed by atoms with Gasteiger partial charge in [0.15, 0.2) is 0 Å². The lowest BCUT2D eigenvalue weighted by atomic mass is 9.83. The Balaban J connectivity index is 1.97. The van der Waals surface area contributed by atoms with Crippen molar-refractivity contribution in [2.75, 3.05) is 5.73 Å². The molecule has 1 fully saturated rings. The third-order valence-corrected chi connectivity index (χ3v) is 3.99. The normalized spacial score (nSPS) is 17.9. The molecule has 1 aliphatic rings. The molecule has 104 valence electrons. The number of nitrogens with zero attached hydrogens (tertiary/aromatic N) is 1. The first kappa shape index (κ1) is 13.8. The number of hydrogen-bond donors (Lipinski definition) is 2. The Labute approximate surface area is 114 Å². The van der Waals surface area contributed by atoms with Crippen molar-refractivity contribution in [2.24, 2.45) is 5.92 Å². The SMILES string of the molecule is CCC(NC(=O)c1ccc(N)cn1)C1CCCCC1. The molecule has 4 nitrogen and oxygen atoms in total. The third kappa shape index (κ3) is 3.69. The zero-order valence-corrected chi connectivity index (χ0v) is 11.6. The maximum Gasteiger partial charge on any atom is 0.270 e. The standard InChI is InChI=1S/C15H23N3O/c1-2-13(11-6-4-3-5-7-11)18-15(19)14-9-8-12(16)10-17-14/h8-11,13H,2-7,16H2,1H3,(H,18,19). The van der Waals surface area contributed by atoms with Crippen LogP contribution >= 0.6 is 0 Å². The van der Waals surface area contributed by atoms with Crippen LogP contribution in [0.25, 0.3) is 0 Å². The van der Waals surface area contributed by atoms with Gasteiger partial charge in [0, 0.05) is 6.04 Å². The van der Waals surface area contributed by atoms with E-state index in [1.807, 2.05) is 0 Å². The highest BCUT2D eigenvalue weighted by Crippen LogP contribution is 2.27. The molecular weight excluding hydrogens is 238 g/mol. The Kier molecular flexibility index (Phi) is 4.77. The highest BCUT2D eigenvalue weighted by Gasteiger charge is 2.24. The Bertz CT molecular complexity index is 410. The van der Waals surface area contributed by atoms with E-state index >= 15 is 0 Å². The highest BCUT2D eigenvalue weighted by molar-refractivity contribution is 5.92. The number of pyridine rings is 1. The molecule has 1 aromatic rings. The van der Waals surface area contributed by atoms with E-state index in [0.717, 1.165) is 6.42 Å². The maximum atomic E-state index is 12.2. The molecule has 0 spiro atoms. The fourth-order valence-corrected chi connectivity index (χ4v) is 2.87. The second-order valence-electron chi connectivity index (χ2n) is 5.36. The van der Waals surface area contributed by atoms with Crippen molar-refractivity contribution in [2.45, 2.75) is 51.5 Å². The number of nitrogen functional groups attached to an aromatic ring is 1. The van der Waals surface area contributed by atoms with Gasteiger partial charge in [-0.15, -0.1) is 0 Å². The molecule has 1 aromatic heterocycles. The van der Waals surface area contributed by atoms with Gasteiger partial charge in [-0.05, 0) is 37.3 Å². The van der Waals surface area contributed by atoms with Crippen molar-refractivity contribution in [3.05, 3.63) is 24.0 Å². The van der Waals surface area contributed by atoms with Crippen LogP contribution in [0.15, 0.2) is 18.3 Å². The number of anilines is 1. The lowest BCUT2D eigenvalue weighted by molar-refractivity contribution is 0.0906. The summed E-state index contributed by atoms with van der Waals surface area (Å²) >= 11 is 0. The quantitative estimate of drug-likeness (QED) is 0.875. The molecule has 19 heavy (non-hydrogen) atoms. The van der Waals surface area contributed by atoms with Gasteiger partial charge in [-0.25, -0.2) is 4.98 Å². The average Bonchev–Trinajstić information content (AvgIpc) is 2.46. The van der Waals surface area contributed by atoms with Crippen LogP contribution in [0, 0.1) is 5.92 Å². The van der Waals surface area contributed by atoms with Crippen LogP contribution in [-0.2, 0) is 0 Å². The molecule has 0 bridgehead atoms. The zero-order valence-electron chi connectivity index (χ0n) is 11.6. The summed E-state index contributed by atoms with van der Waals surface area (Å²) in [6, 6.07) is 3.66. The summed E-state index contributed by atoms with van der Waals surface area (Å²) in [5.74, 6) is 0.536. The Hall–Kier alpha value is -1.58. The Morgan fingerprint density at radius 1 is 1.42 bits per heavy atom. The second kappa shape index (κ2) is 6.55. The van der Waals surface area contributed by atoms with E-state index in [2.05, 4.69) is 17.2 Å². The van der Waals surface area contributed by atoms with Crippen LogP contribution in [0.2, 0.25) is 0 Å². The van der Waals surface area contributed by atoms with Crippen molar-refractivity contribution in [3.8, 4) is 0 Å². The molecule has 4 heteroatoms. The summed E-state index contributed by atoms with van der Waals surface area (Å²) < 4.78 is 0. The van der Waals surface area contributed by atoms with E-state index in [4.69, 9.17) is 5.73 Å². The average molecular weight is 261 g/mol. The number of nitrogens with two attached hydrogens (primary N) is 1. The molecule has 3 N–H and O–H groups in total. The van der Waals surface area contributed by atoms with Gasteiger partial charge >= 0.3 is 0 Å². The molecule has 2 rings (SSSR count). The molecule has 1 atom stereocenters. The molecular formula is C15H23N3O. The first-order valence-electron chi connectivity index (χ1n) is 7.23. The number of hydrogen-bond acceptors (Lipinski definition) is 3. The molecule has 0 saturated heterocycles. The topological polar surface area (TPSA) is 68.0 Å². The van der Waals surface area contributed by atoms with Crippen LogP contribution in [0.3, 0.4) is 0 Å². The van der Waals surface area contributed by atoms with Crippen LogP contribution in [0.5, 0.6) is 0 Å². The number of nitrogens with one attached hydrogen (secondary N) is 1. The van der Waals surface area contributed by atoms with E-state index in [1.54, 1.807) is 12.1 Å². The zero-order chi connectivity index (χ0) is 13.7. The molecule has 0 radical (unpaired) electrons. The van der Waals surface area contributed by atoms with E-state index in [0.29, 0.717) is 17.3 Å². The number of amides is 1. The lowest BCUT2D eigenvalue weighted by Gasteiger charge is -2.30. The molecule has 1 unspecified atom stereocenters. The predicted octanol–water partition coefficient (Wildman–Crippen LogP) is 2.75. The van der Waals surface area contributed by atoms with Crippen molar-refractivity contribution in [1.29, 1.82) is 0 Å². The van der Waals surface area contributed by atoms with Gasteiger partial charge in [-0.2, -0.15) is 0 Å². The van der Waals surface area contributed by atoms with Gasteiger partial charge in [0.1, 0.15) is 5.69 Å². The van der Waals surface area contributed by atoms with Gasteiger partial charge in [0.25, 0.3) is 5.91 Å². The van der Waals surface area contributed by atoms with Crippen LogP contribution in [0.1, 0.15) is 55.9 Å². The predicted molar refractivity (Wildman–Crippen MR) is 76.8 cm³/mol.